The second kappa shape index (κ2) is 5.47. The molecule has 1 heterocycles. The van der Waals surface area contributed by atoms with E-state index >= 15 is 0 Å². The molecule has 86 valence electrons. The quantitative estimate of drug-likeness (QED) is 0.688. The highest BCUT2D eigenvalue weighted by molar-refractivity contribution is 5.77. The molecule has 0 aromatic carbocycles. The molecule has 2 rings (SSSR count). The monoisotopic (exact) mass is 212 g/mol. The largest absolute Gasteiger partial charge is 0.367 e. The molecule has 1 aliphatic heterocycles. The molecule has 1 aliphatic carbocycles. The minimum atomic E-state index is 0.0347. The van der Waals surface area contributed by atoms with Gasteiger partial charge in [0.25, 0.3) is 0 Å². The molecule has 0 aromatic rings. The van der Waals surface area contributed by atoms with E-state index in [0.717, 1.165) is 38.4 Å². The van der Waals surface area contributed by atoms with Crippen molar-refractivity contribution < 1.29 is 9.53 Å². The van der Waals surface area contributed by atoms with Crippen molar-refractivity contribution in [2.24, 2.45) is 5.92 Å². The molecule has 0 aromatic heterocycles. The fourth-order valence-corrected chi connectivity index (χ4v) is 1.79. The zero-order chi connectivity index (χ0) is 10.5. The molecule has 1 amide bonds. The van der Waals surface area contributed by atoms with Gasteiger partial charge in [-0.1, -0.05) is 0 Å². The van der Waals surface area contributed by atoms with Gasteiger partial charge in [-0.2, -0.15) is 0 Å². The molecule has 2 N–H and O–H groups in total. The van der Waals surface area contributed by atoms with Crippen molar-refractivity contribution in [3.05, 3.63) is 0 Å². The maximum absolute atomic E-state index is 11.4. The van der Waals surface area contributed by atoms with Gasteiger partial charge in [-0.05, 0) is 38.1 Å². The second-order valence-corrected chi connectivity index (χ2v) is 4.53. The first-order valence-corrected chi connectivity index (χ1v) is 5.93. The average molecular weight is 212 g/mol. The van der Waals surface area contributed by atoms with Gasteiger partial charge in [0.1, 0.15) is 6.61 Å². The lowest BCUT2D eigenvalue weighted by atomic mass is 10.1. The lowest BCUT2D eigenvalue weighted by Gasteiger charge is -2.22. The van der Waals surface area contributed by atoms with Crippen LogP contribution in [0.1, 0.15) is 25.7 Å². The lowest BCUT2D eigenvalue weighted by molar-refractivity contribution is -0.128. The van der Waals surface area contributed by atoms with E-state index in [-0.39, 0.29) is 18.6 Å². The van der Waals surface area contributed by atoms with Crippen LogP contribution in [0.2, 0.25) is 0 Å². The fourth-order valence-electron chi connectivity index (χ4n) is 1.79. The third-order valence-corrected chi connectivity index (χ3v) is 2.99. The molecular weight excluding hydrogens is 192 g/mol. The maximum atomic E-state index is 11.4. The number of carbonyl (C=O) groups excluding carboxylic acids is 1. The molecule has 0 unspecified atom stereocenters. The molecule has 0 bridgehead atoms. The highest BCUT2D eigenvalue weighted by Crippen LogP contribution is 2.27. The van der Waals surface area contributed by atoms with Crippen LogP contribution in [0, 0.1) is 5.92 Å². The number of hydrogen-bond donors (Lipinski definition) is 2. The van der Waals surface area contributed by atoms with Crippen molar-refractivity contribution >= 4 is 5.91 Å². The van der Waals surface area contributed by atoms with Crippen LogP contribution in [0.5, 0.6) is 0 Å². The van der Waals surface area contributed by atoms with Crippen LogP contribution < -0.4 is 10.6 Å². The Morgan fingerprint density at radius 1 is 1.40 bits per heavy atom. The van der Waals surface area contributed by atoms with Gasteiger partial charge in [-0.25, -0.2) is 0 Å². The zero-order valence-corrected chi connectivity index (χ0v) is 9.13. The van der Waals surface area contributed by atoms with E-state index in [4.69, 9.17) is 4.74 Å². The SMILES string of the molecule is O=C(CO[C@@H]1CCCNC1)NCC1CC1. The van der Waals surface area contributed by atoms with E-state index in [2.05, 4.69) is 10.6 Å². The maximum Gasteiger partial charge on any atom is 0.246 e. The summed E-state index contributed by atoms with van der Waals surface area (Å²) in [6, 6.07) is 0. The van der Waals surface area contributed by atoms with Gasteiger partial charge in [0, 0.05) is 13.1 Å². The summed E-state index contributed by atoms with van der Waals surface area (Å²) in [7, 11) is 0. The minimum Gasteiger partial charge on any atom is -0.367 e. The molecule has 4 nitrogen and oxygen atoms in total. The molecule has 2 fully saturated rings. The Hall–Kier alpha value is -0.610. The number of rotatable bonds is 5. The Balaban J connectivity index is 1.53. The van der Waals surface area contributed by atoms with Crippen LogP contribution in [0.25, 0.3) is 0 Å². The molecular formula is C11H20N2O2. The van der Waals surface area contributed by atoms with E-state index in [9.17, 15) is 4.79 Å². The standard InChI is InChI=1S/C11H20N2O2/c14-11(13-6-9-3-4-9)8-15-10-2-1-5-12-7-10/h9-10,12H,1-8H2,(H,13,14)/t10-/m1/s1. The molecule has 0 spiro atoms. The van der Waals surface area contributed by atoms with Gasteiger partial charge in [0.2, 0.25) is 5.91 Å². The summed E-state index contributed by atoms with van der Waals surface area (Å²) in [6.45, 7) is 3.02. The van der Waals surface area contributed by atoms with Gasteiger partial charge >= 0.3 is 0 Å². The summed E-state index contributed by atoms with van der Waals surface area (Å²) in [4.78, 5) is 11.4. The smallest absolute Gasteiger partial charge is 0.246 e. The summed E-state index contributed by atoms with van der Waals surface area (Å²) in [6.07, 6.45) is 4.99. The van der Waals surface area contributed by atoms with Crippen molar-refractivity contribution in [3.8, 4) is 0 Å². The molecule has 0 radical (unpaired) electrons. The van der Waals surface area contributed by atoms with E-state index in [1.165, 1.54) is 12.8 Å². The minimum absolute atomic E-state index is 0.0347. The normalized spacial score (nSPS) is 26.3. The number of nitrogens with one attached hydrogen (secondary N) is 2. The molecule has 4 heteroatoms. The lowest BCUT2D eigenvalue weighted by Crippen LogP contribution is -2.38. The summed E-state index contributed by atoms with van der Waals surface area (Å²) >= 11 is 0. The fraction of sp³-hybridized carbons (Fsp3) is 0.909. The van der Waals surface area contributed by atoms with Gasteiger partial charge in [-0.3, -0.25) is 4.79 Å². The number of hydrogen-bond acceptors (Lipinski definition) is 3. The van der Waals surface area contributed by atoms with Gasteiger partial charge in [-0.15, -0.1) is 0 Å². The van der Waals surface area contributed by atoms with Gasteiger partial charge in [0.15, 0.2) is 0 Å². The van der Waals surface area contributed by atoms with E-state index < -0.39 is 0 Å². The predicted molar refractivity (Wildman–Crippen MR) is 57.6 cm³/mol. The number of ether oxygens (including phenoxy) is 1. The van der Waals surface area contributed by atoms with Crippen LogP contribution in [0.3, 0.4) is 0 Å². The van der Waals surface area contributed by atoms with Crippen LogP contribution in [-0.4, -0.2) is 38.3 Å². The number of carbonyl (C=O) groups is 1. The highest BCUT2D eigenvalue weighted by atomic mass is 16.5. The summed E-state index contributed by atoms with van der Waals surface area (Å²) in [5.41, 5.74) is 0. The molecule has 2 aliphatic rings. The van der Waals surface area contributed by atoms with E-state index in [1.807, 2.05) is 0 Å². The van der Waals surface area contributed by atoms with E-state index in [0.29, 0.717) is 0 Å². The third-order valence-electron chi connectivity index (χ3n) is 2.99. The predicted octanol–water partition coefficient (Wildman–Crippen LogP) is 0.281. The summed E-state index contributed by atoms with van der Waals surface area (Å²) in [5, 5.41) is 6.16. The first-order valence-electron chi connectivity index (χ1n) is 5.93. The van der Waals surface area contributed by atoms with Crippen LogP contribution in [0.15, 0.2) is 0 Å². The molecule has 1 atom stereocenters. The first-order chi connectivity index (χ1) is 7.34. The number of piperidine rings is 1. The van der Waals surface area contributed by atoms with Crippen molar-refractivity contribution in [2.45, 2.75) is 31.8 Å². The van der Waals surface area contributed by atoms with Crippen molar-refractivity contribution in [1.29, 1.82) is 0 Å². The molecule has 1 saturated carbocycles. The second-order valence-electron chi connectivity index (χ2n) is 4.53. The topological polar surface area (TPSA) is 50.4 Å². The van der Waals surface area contributed by atoms with Crippen molar-refractivity contribution in [2.75, 3.05) is 26.2 Å². The van der Waals surface area contributed by atoms with Crippen LogP contribution in [0.4, 0.5) is 0 Å². The zero-order valence-electron chi connectivity index (χ0n) is 9.13. The van der Waals surface area contributed by atoms with Gasteiger partial charge in [0.05, 0.1) is 6.10 Å². The Labute approximate surface area is 90.8 Å². The summed E-state index contributed by atoms with van der Waals surface area (Å²) < 4.78 is 5.52. The summed E-state index contributed by atoms with van der Waals surface area (Å²) in [5.74, 6) is 0.776. The highest BCUT2D eigenvalue weighted by Gasteiger charge is 2.22. The first kappa shape index (κ1) is 10.9. The Morgan fingerprint density at radius 3 is 2.93 bits per heavy atom. The third kappa shape index (κ3) is 4.18. The van der Waals surface area contributed by atoms with E-state index in [1.54, 1.807) is 0 Å². The Kier molecular flexibility index (Phi) is 3.97. The molecule has 15 heavy (non-hydrogen) atoms. The van der Waals surface area contributed by atoms with Crippen molar-refractivity contribution in [1.82, 2.24) is 10.6 Å². The van der Waals surface area contributed by atoms with Crippen LogP contribution in [-0.2, 0) is 9.53 Å². The Bertz CT molecular complexity index is 211. The average Bonchev–Trinajstić information content (AvgIpc) is 3.09. The Morgan fingerprint density at radius 2 is 2.27 bits per heavy atom. The number of amides is 1. The molecule has 1 saturated heterocycles. The van der Waals surface area contributed by atoms with Gasteiger partial charge < -0.3 is 15.4 Å². The van der Waals surface area contributed by atoms with Crippen LogP contribution >= 0.6 is 0 Å². The van der Waals surface area contributed by atoms with Crippen molar-refractivity contribution in [3.63, 3.8) is 0 Å².